The van der Waals surface area contributed by atoms with Crippen LogP contribution in [0.2, 0.25) is 0 Å². The van der Waals surface area contributed by atoms with Crippen molar-refractivity contribution in [3.63, 3.8) is 0 Å². The summed E-state index contributed by atoms with van der Waals surface area (Å²) in [4.78, 5) is 2.39. The second-order valence-corrected chi connectivity index (χ2v) is 5.83. The quantitative estimate of drug-likeness (QED) is 0.572. The van der Waals surface area contributed by atoms with E-state index in [1.54, 1.807) is 0 Å². The zero-order valence-electron chi connectivity index (χ0n) is 11.2. The van der Waals surface area contributed by atoms with Gasteiger partial charge in [-0.3, -0.25) is 11.3 Å². The smallest absolute Gasteiger partial charge is 0.0510 e. The van der Waals surface area contributed by atoms with Gasteiger partial charge < -0.3 is 9.64 Å². The van der Waals surface area contributed by atoms with Gasteiger partial charge in [0.15, 0.2) is 0 Å². The molecular weight excluding hydrogens is 214 g/mol. The van der Waals surface area contributed by atoms with Crippen LogP contribution < -0.4 is 11.3 Å². The Morgan fingerprint density at radius 1 is 1.29 bits per heavy atom. The van der Waals surface area contributed by atoms with E-state index in [1.165, 1.54) is 38.5 Å². The van der Waals surface area contributed by atoms with Gasteiger partial charge in [-0.1, -0.05) is 12.8 Å². The summed E-state index contributed by atoms with van der Waals surface area (Å²) in [7, 11) is 4.39. The molecule has 0 bridgehead atoms. The first-order chi connectivity index (χ1) is 8.20. The van der Waals surface area contributed by atoms with Crippen molar-refractivity contribution in [1.29, 1.82) is 0 Å². The molecule has 2 unspecified atom stereocenters. The zero-order chi connectivity index (χ0) is 12.3. The summed E-state index contributed by atoms with van der Waals surface area (Å²) in [6.07, 6.45) is 7.57. The summed E-state index contributed by atoms with van der Waals surface area (Å²) in [5, 5.41) is 0. The van der Waals surface area contributed by atoms with Crippen molar-refractivity contribution in [2.24, 2.45) is 11.8 Å². The van der Waals surface area contributed by atoms with Gasteiger partial charge in [0.25, 0.3) is 0 Å². The van der Waals surface area contributed by atoms with Gasteiger partial charge in [0, 0.05) is 24.1 Å². The predicted molar refractivity (Wildman–Crippen MR) is 69.5 cm³/mol. The first-order valence-corrected chi connectivity index (χ1v) is 6.92. The molecular formula is C13H27N3O. The Balaban J connectivity index is 2.13. The normalized spacial score (nSPS) is 30.7. The molecule has 0 amide bonds. The largest absolute Gasteiger partial charge is 0.381 e. The maximum atomic E-state index is 5.87. The first-order valence-electron chi connectivity index (χ1n) is 6.92. The average molecular weight is 241 g/mol. The lowest BCUT2D eigenvalue weighted by Crippen LogP contribution is -2.63. The number of nitrogens with one attached hydrogen (secondary N) is 1. The fourth-order valence-electron chi connectivity index (χ4n) is 3.78. The fourth-order valence-corrected chi connectivity index (χ4v) is 3.78. The summed E-state index contributed by atoms with van der Waals surface area (Å²) < 4.78 is 5.64. The second kappa shape index (κ2) is 5.65. The van der Waals surface area contributed by atoms with E-state index in [9.17, 15) is 0 Å². The minimum atomic E-state index is 0.236. The molecule has 2 rings (SSSR count). The molecule has 1 saturated carbocycles. The zero-order valence-corrected chi connectivity index (χ0v) is 11.2. The number of nitrogens with two attached hydrogens (primary N) is 1. The van der Waals surface area contributed by atoms with E-state index in [2.05, 4.69) is 24.4 Å². The van der Waals surface area contributed by atoms with E-state index >= 15 is 0 Å². The molecule has 0 aromatic heterocycles. The number of hydrogen-bond donors (Lipinski definition) is 2. The Morgan fingerprint density at radius 2 is 2.00 bits per heavy atom. The van der Waals surface area contributed by atoms with Crippen molar-refractivity contribution in [3.05, 3.63) is 0 Å². The van der Waals surface area contributed by atoms with Crippen LogP contribution in [0.5, 0.6) is 0 Å². The maximum absolute atomic E-state index is 5.87. The molecule has 0 aromatic carbocycles. The van der Waals surface area contributed by atoms with Gasteiger partial charge in [-0.15, -0.1) is 0 Å². The molecule has 0 aromatic rings. The highest BCUT2D eigenvalue weighted by Gasteiger charge is 2.46. The third-order valence-corrected chi connectivity index (χ3v) is 4.79. The van der Waals surface area contributed by atoms with Crippen molar-refractivity contribution in [1.82, 2.24) is 10.3 Å². The van der Waals surface area contributed by atoms with Gasteiger partial charge in [-0.05, 0) is 39.8 Å². The van der Waals surface area contributed by atoms with E-state index in [0.29, 0.717) is 12.0 Å². The summed E-state index contributed by atoms with van der Waals surface area (Å²) in [5.74, 6) is 6.44. The molecule has 1 saturated heterocycles. The van der Waals surface area contributed by atoms with Gasteiger partial charge in [0.2, 0.25) is 0 Å². The van der Waals surface area contributed by atoms with Gasteiger partial charge in [-0.25, -0.2) is 0 Å². The number of nitrogens with zero attached hydrogens (tertiary/aromatic N) is 1. The standard InChI is InChI=1S/C13H27N3O/c1-16(2)13(7-3-4-8-13)12(15-14)11-6-5-9-17-10-11/h11-12,15H,3-10,14H2,1-2H3. The van der Waals surface area contributed by atoms with Gasteiger partial charge in [-0.2, -0.15) is 0 Å². The summed E-state index contributed by atoms with van der Waals surface area (Å²) in [6.45, 7) is 1.78. The molecule has 1 heterocycles. The molecule has 2 fully saturated rings. The fraction of sp³-hybridized carbons (Fsp3) is 1.00. The first kappa shape index (κ1) is 13.3. The SMILES string of the molecule is CN(C)C1(C(NN)C2CCCOC2)CCCC1. The Kier molecular flexibility index (Phi) is 4.42. The molecule has 2 aliphatic rings. The maximum Gasteiger partial charge on any atom is 0.0510 e. The molecule has 100 valence electrons. The van der Waals surface area contributed by atoms with Crippen LogP contribution >= 0.6 is 0 Å². The number of rotatable bonds is 4. The minimum absolute atomic E-state index is 0.236. The molecule has 3 N–H and O–H groups in total. The molecule has 1 aliphatic carbocycles. The lowest BCUT2D eigenvalue weighted by atomic mass is 9.77. The number of hydrogen-bond acceptors (Lipinski definition) is 4. The summed E-state index contributed by atoms with van der Waals surface area (Å²) >= 11 is 0. The number of likely N-dealkylation sites (N-methyl/N-ethyl adjacent to an activating group) is 1. The average Bonchev–Trinajstić information content (AvgIpc) is 2.82. The van der Waals surface area contributed by atoms with E-state index in [0.717, 1.165) is 13.2 Å². The highest BCUT2D eigenvalue weighted by Crippen LogP contribution is 2.40. The van der Waals surface area contributed by atoms with Crippen LogP contribution in [0.15, 0.2) is 0 Å². The molecule has 2 atom stereocenters. The highest BCUT2D eigenvalue weighted by atomic mass is 16.5. The Hall–Kier alpha value is -0.160. The second-order valence-electron chi connectivity index (χ2n) is 5.83. The van der Waals surface area contributed by atoms with Crippen LogP contribution in [-0.4, -0.2) is 43.8 Å². The summed E-state index contributed by atoms with van der Waals surface area (Å²) in [6, 6.07) is 0.361. The van der Waals surface area contributed by atoms with Gasteiger partial charge in [0.05, 0.1) is 6.61 Å². The lowest BCUT2D eigenvalue weighted by molar-refractivity contribution is -0.00486. The van der Waals surface area contributed by atoms with E-state index in [1.807, 2.05) is 0 Å². The van der Waals surface area contributed by atoms with Crippen LogP contribution in [0.1, 0.15) is 38.5 Å². The van der Waals surface area contributed by atoms with Crippen molar-refractivity contribution in [2.75, 3.05) is 27.3 Å². The molecule has 1 aliphatic heterocycles. The van der Waals surface area contributed by atoms with Crippen LogP contribution in [0.3, 0.4) is 0 Å². The molecule has 0 radical (unpaired) electrons. The minimum Gasteiger partial charge on any atom is -0.381 e. The molecule has 0 spiro atoms. The van der Waals surface area contributed by atoms with E-state index in [4.69, 9.17) is 10.6 Å². The van der Waals surface area contributed by atoms with Crippen molar-refractivity contribution in [3.8, 4) is 0 Å². The molecule has 4 nitrogen and oxygen atoms in total. The van der Waals surface area contributed by atoms with Crippen LogP contribution in [0.4, 0.5) is 0 Å². The van der Waals surface area contributed by atoms with Crippen LogP contribution in [0.25, 0.3) is 0 Å². The molecule has 17 heavy (non-hydrogen) atoms. The van der Waals surface area contributed by atoms with Crippen LogP contribution in [0, 0.1) is 5.92 Å². The number of ether oxygens (including phenoxy) is 1. The molecule has 4 heteroatoms. The Morgan fingerprint density at radius 3 is 2.47 bits per heavy atom. The van der Waals surface area contributed by atoms with E-state index in [-0.39, 0.29) is 5.54 Å². The van der Waals surface area contributed by atoms with Crippen molar-refractivity contribution < 1.29 is 4.74 Å². The number of hydrazine groups is 1. The van der Waals surface area contributed by atoms with Crippen molar-refractivity contribution >= 4 is 0 Å². The summed E-state index contributed by atoms with van der Waals surface area (Å²) in [5.41, 5.74) is 3.35. The van der Waals surface area contributed by atoms with Crippen molar-refractivity contribution in [2.45, 2.75) is 50.1 Å². The predicted octanol–water partition coefficient (Wildman–Crippen LogP) is 1.12. The third kappa shape index (κ3) is 2.50. The van der Waals surface area contributed by atoms with Gasteiger partial charge in [0.1, 0.15) is 0 Å². The van der Waals surface area contributed by atoms with E-state index < -0.39 is 0 Å². The Bertz CT molecular complexity index is 233. The third-order valence-electron chi connectivity index (χ3n) is 4.79. The Labute approximate surface area is 105 Å². The van der Waals surface area contributed by atoms with Gasteiger partial charge >= 0.3 is 0 Å². The lowest BCUT2D eigenvalue weighted by Gasteiger charge is -2.47. The topological polar surface area (TPSA) is 50.5 Å². The monoisotopic (exact) mass is 241 g/mol. The highest BCUT2D eigenvalue weighted by molar-refractivity contribution is 5.04. The van der Waals surface area contributed by atoms with Crippen LogP contribution in [-0.2, 0) is 4.74 Å².